The van der Waals surface area contributed by atoms with Crippen LogP contribution in [0.15, 0.2) is 85.1 Å². The highest BCUT2D eigenvalue weighted by atomic mass is 31.2. The third kappa shape index (κ3) is 53.3. The van der Waals surface area contributed by atoms with Gasteiger partial charge in [0.1, 0.15) is 13.2 Å². The highest BCUT2D eigenvalue weighted by Crippen LogP contribution is 2.43. The summed E-state index contributed by atoms with van der Waals surface area (Å²) in [7, 11) is 1.61. The van der Waals surface area contributed by atoms with Gasteiger partial charge in [-0.1, -0.05) is 247 Å². The van der Waals surface area contributed by atoms with E-state index in [9.17, 15) is 19.4 Å². The maximum Gasteiger partial charge on any atom is 0.472 e. The first-order valence-corrected chi connectivity index (χ1v) is 29.9. The number of phosphoric acid groups is 1. The Labute approximate surface area is 426 Å². The van der Waals surface area contributed by atoms with Gasteiger partial charge in [-0.15, -0.1) is 0 Å². The summed E-state index contributed by atoms with van der Waals surface area (Å²) < 4.78 is 23.7. The molecule has 0 radical (unpaired) electrons. The van der Waals surface area contributed by atoms with Crippen molar-refractivity contribution in [3.05, 3.63) is 85.1 Å². The van der Waals surface area contributed by atoms with Crippen LogP contribution in [0.25, 0.3) is 0 Å². The third-order valence-electron chi connectivity index (χ3n) is 12.4. The minimum atomic E-state index is -4.32. The summed E-state index contributed by atoms with van der Waals surface area (Å²) in [5.41, 5.74) is 0. The predicted octanol–water partition coefficient (Wildman–Crippen LogP) is 17.3. The molecule has 3 unspecified atom stereocenters. The maximum atomic E-state index is 13.0. The summed E-state index contributed by atoms with van der Waals surface area (Å²) in [6.07, 6.45) is 70.6. The smallest absolute Gasteiger partial charge is 0.391 e. The van der Waals surface area contributed by atoms with Crippen LogP contribution in [0, 0.1) is 0 Å². The summed E-state index contributed by atoms with van der Waals surface area (Å²) in [5, 5.41) is 14.0. The van der Waals surface area contributed by atoms with Gasteiger partial charge < -0.3 is 19.8 Å². The van der Waals surface area contributed by atoms with Crippen LogP contribution in [0.2, 0.25) is 0 Å². The van der Waals surface area contributed by atoms with Crippen LogP contribution in [-0.2, 0) is 18.4 Å². The number of nitrogens with zero attached hydrogens (tertiary/aromatic N) is 1. The second-order valence-electron chi connectivity index (χ2n) is 20.3. The molecular weight excluding hydrogens is 876 g/mol. The lowest BCUT2D eigenvalue weighted by Crippen LogP contribution is -2.46. The lowest BCUT2D eigenvalue weighted by atomic mass is 10.0. The van der Waals surface area contributed by atoms with Crippen LogP contribution in [0.3, 0.4) is 0 Å². The molecule has 0 aliphatic carbocycles. The molecule has 0 bridgehead atoms. The van der Waals surface area contributed by atoms with Crippen molar-refractivity contribution in [2.24, 2.45) is 0 Å². The van der Waals surface area contributed by atoms with Crippen molar-refractivity contribution in [3.63, 3.8) is 0 Å². The first-order valence-electron chi connectivity index (χ1n) is 28.5. The number of nitrogens with one attached hydrogen (secondary N) is 1. The van der Waals surface area contributed by atoms with Crippen LogP contribution in [0.4, 0.5) is 0 Å². The molecular formula is C60H110N2O6P+. The van der Waals surface area contributed by atoms with Crippen LogP contribution < -0.4 is 5.32 Å². The van der Waals surface area contributed by atoms with E-state index < -0.39 is 20.0 Å². The van der Waals surface area contributed by atoms with Gasteiger partial charge in [-0.25, -0.2) is 4.57 Å². The molecule has 0 heterocycles. The molecule has 0 rings (SSSR count). The van der Waals surface area contributed by atoms with Crippen molar-refractivity contribution in [1.82, 2.24) is 5.32 Å². The standard InChI is InChI=1S/C60H109N2O6P/c1-6-8-10-12-14-16-18-20-22-23-24-25-26-27-28-29-30-31-32-33-34-35-36-37-38-39-40-42-44-46-48-50-52-54-60(64)61-58(57-68-69(65,66)67-56-55-62(3,4)5)59(63)53-51-49-47-45-43-41-21-19-17-15-13-11-9-7-2/h8,10,14,16,20,22,24-25,27-28,30-31,33-34,58-59,63H,6-7,9,11-13,15,17-19,21,23,26,29,32,35-57H2,1-5H3,(H-,61,64,65,66)/p+1/b10-8-,16-14-,22-20-,25-24-,28-27-,31-30-,34-33-. The Kier molecular flexibility index (Phi) is 48.9. The van der Waals surface area contributed by atoms with Gasteiger partial charge in [0, 0.05) is 6.42 Å². The Hall–Kier alpha value is -2.32. The van der Waals surface area contributed by atoms with E-state index in [0.717, 1.165) is 83.5 Å². The number of carbonyl (C=O) groups excluding carboxylic acids is 1. The van der Waals surface area contributed by atoms with Gasteiger partial charge in [-0.2, -0.15) is 0 Å². The normalized spacial score (nSPS) is 14.6. The number of phosphoric ester groups is 1. The van der Waals surface area contributed by atoms with E-state index in [1.165, 1.54) is 128 Å². The van der Waals surface area contributed by atoms with Crippen molar-refractivity contribution >= 4 is 13.7 Å². The molecule has 0 aromatic carbocycles. The average molecular weight is 987 g/mol. The molecule has 69 heavy (non-hydrogen) atoms. The minimum absolute atomic E-state index is 0.0711. The van der Waals surface area contributed by atoms with Crippen molar-refractivity contribution in [1.29, 1.82) is 0 Å². The fourth-order valence-corrected chi connectivity index (χ4v) is 8.70. The van der Waals surface area contributed by atoms with E-state index >= 15 is 0 Å². The first kappa shape index (κ1) is 66.7. The third-order valence-corrected chi connectivity index (χ3v) is 13.4. The molecule has 0 saturated carbocycles. The molecule has 400 valence electrons. The van der Waals surface area contributed by atoms with E-state index in [1.54, 1.807) is 0 Å². The second-order valence-corrected chi connectivity index (χ2v) is 21.7. The lowest BCUT2D eigenvalue weighted by molar-refractivity contribution is -0.870. The van der Waals surface area contributed by atoms with Gasteiger partial charge in [-0.05, 0) is 70.6 Å². The molecule has 9 heteroatoms. The molecule has 0 aliphatic rings. The highest BCUT2D eigenvalue weighted by Gasteiger charge is 2.28. The van der Waals surface area contributed by atoms with E-state index in [1.807, 2.05) is 21.1 Å². The Morgan fingerprint density at radius 3 is 1.28 bits per heavy atom. The number of allylic oxidation sites excluding steroid dienone is 14. The molecule has 0 aromatic rings. The van der Waals surface area contributed by atoms with Crippen LogP contribution in [0.1, 0.15) is 239 Å². The number of aliphatic hydroxyl groups excluding tert-OH is 1. The Morgan fingerprint density at radius 2 is 0.870 bits per heavy atom. The molecule has 0 saturated heterocycles. The van der Waals surface area contributed by atoms with Gasteiger partial charge in [-0.3, -0.25) is 13.8 Å². The first-order chi connectivity index (χ1) is 33.5. The van der Waals surface area contributed by atoms with Crippen molar-refractivity contribution < 1.29 is 32.9 Å². The summed E-state index contributed by atoms with van der Waals surface area (Å²) in [4.78, 5) is 23.3. The summed E-state index contributed by atoms with van der Waals surface area (Å²) >= 11 is 0. The Morgan fingerprint density at radius 1 is 0.507 bits per heavy atom. The Balaban J connectivity index is 4.11. The zero-order valence-electron chi connectivity index (χ0n) is 45.5. The quantitative estimate of drug-likeness (QED) is 0.0243. The summed E-state index contributed by atoms with van der Waals surface area (Å²) in [6.45, 7) is 4.77. The van der Waals surface area contributed by atoms with Crippen molar-refractivity contribution in [3.8, 4) is 0 Å². The number of unbranched alkanes of at least 4 members (excludes halogenated alkanes) is 24. The molecule has 3 N–H and O–H groups in total. The average Bonchev–Trinajstić information content (AvgIpc) is 3.31. The SMILES string of the molecule is CC/C=C\C/C=C\C/C=C\C/C=C\C/C=C\C/C=C\C/C=C\CCCCCCCCCCCCCC(=O)NC(COP(=O)(O)OCC[N+](C)(C)C)C(O)CCCCCCCCCCCCCCCC. The Bertz CT molecular complexity index is 1400. The maximum absolute atomic E-state index is 13.0. The highest BCUT2D eigenvalue weighted by molar-refractivity contribution is 7.47. The molecule has 0 fully saturated rings. The van der Waals surface area contributed by atoms with Gasteiger partial charge in [0.15, 0.2) is 0 Å². The largest absolute Gasteiger partial charge is 0.472 e. The van der Waals surface area contributed by atoms with E-state index in [2.05, 4.69) is 104 Å². The zero-order valence-corrected chi connectivity index (χ0v) is 46.4. The number of hydrogen-bond acceptors (Lipinski definition) is 5. The number of amides is 1. The topological polar surface area (TPSA) is 105 Å². The van der Waals surface area contributed by atoms with Crippen LogP contribution in [-0.4, -0.2) is 73.4 Å². The van der Waals surface area contributed by atoms with Gasteiger partial charge in [0.25, 0.3) is 0 Å². The molecule has 3 atom stereocenters. The van der Waals surface area contributed by atoms with Crippen LogP contribution in [0.5, 0.6) is 0 Å². The number of aliphatic hydroxyl groups is 1. The molecule has 0 aromatic heterocycles. The van der Waals surface area contributed by atoms with Gasteiger partial charge in [0.2, 0.25) is 5.91 Å². The van der Waals surface area contributed by atoms with E-state index in [-0.39, 0.29) is 19.1 Å². The number of quaternary nitrogens is 1. The van der Waals surface area contributed by atoms with E-state index in [0.29, 0.717) is 23.9 Å². The summed E-state index contributed by atoms with van der Waals surface area (Å²) in [5.74, 6) is -0.150. The monoisotopic (exact) mass is 986 g/mol. The number of likely N-dealkylation sites (N-methyl/N-ethyl adjacent to an activating group) is 1. The molecule has 8 nitrogen and oxygen atoms in total. The molecule has 0 spiro atoms. The number of carbonyl (C=O) groups is 1. The zero-order chi connectivity index (χ0) is 50.6. The predicted molar refractivity (Wildman–Crippen MR) is 299 cm³/mol. The molecule has 1 amide bonds. The number of hydrogen-bond donors (Lipinski definition) is 3. The van der Waals surface area contributed by atoms with Crippen LogP contribution >= 0.6 is 7.82 Å². The van der Waals surface area contributed by atoms with Crippen molar-refractivity contribution in [2.75, 3.05) is 40.9 Å². The fraction of sp³-hybridized carbons (Fsp3) is 0.750. The second kappa shape index (κ2) is 50.6. The fourth-order valence-electron chi connectivity index (χ4n) is 7.97. The van der Waals surface area contributed by atoms with E-state index in [4.69, 9.17) is 9.05 Å². The minimum Gasteiger partial charge on any atom is -0.391 e. The number of rotatable bonds is 51. The lowest BCUT2D eigenvalue weighted by Gasteiger charge is -2.26. The molecule has 0 aliphatic heterocycles. The van der Waals surface area contributed by atoms with Gasteiger partial charge in [0.05, 0.1) is 39.9 Å². The van der Waals surface area contributed by atoms with Gasteiger partial charge >= 0.3 is 7.82 Å². The van der Waals surface area contributed by atoms with Crippen molar-refractivity contribution in [2.45, 2.75) is 251 Å². The summed E-state index contributed by atoms with van der Waals surface area (Å²) in [6, 6.07) is -0.766.